The average molecular weight is 326 g/mol. The summed E-state index contributed by atoms with van der Waals surface area (Å²) in [7, 11) is 1.63. The van der Waals surface area contributed by atoms with Gasteiger partial charge in [0.05, 0.1) is 12.6 Å². The number of hydrogen-bond acceptors (Lipinski definition) is 6. The van der Waals surface area contributed by atoms with E-state index in [1.807, 2.05) is 24.3 Å². The van der Waals surface area contributed by atoms with E-state index in [0.29, 0.717) is 11.7 Å². The number of halogens is 1. The maximum atomic E-state index is 6.29. The van der Waals surface area contributed by atoms with Crippen molar-refractivity contribution < 1.29 is 14.0 Å². The number of nitrogens with two attached hydrogens (primary N) is 1. The number of ether oxygens (including phenoxy) is 2. The van der Waals surface area contributed by atoms with Crippen LogP contribution in [0.25, 0.3) is 0 Å². The summed E-state index contributed by atoms with van der Waals surface area (Å²) in [6.45, 7) is 0.232. The van der Waals surface area contributed by atoms with E-state index in [9.17, 15) is 0 Å². The second-order valence-corrected chi connectivity index (χ2v) is 5.34. The van der Waals surface area contributed by atoms with Crippen LogP contribution in [-0.4, -0.2) is 17.3 Å². The molecular weight excluding hydrogens is 306 g/mol. The van der Waals surface area contributed by atoms with Crippen LogP contribution in [0, 0.1) is 0 Å². The predicted octanol–water partition coefficient (Wildman–Crippen LogP) is 2.81. The molecule has 1 aliphatic rings. The van der Waals surface area contributed by atoms with Gasteiger partial charge in [-0.15, -0.1) is 12.4 Å². The molecule has 0 bridgehead atoms. The number of rotatable bonds is 5. The molecule has 1 aromatic heterocycles. The maximum Gasteiger partial charge on any atom is 0.264 e. The van der Waals surface area contributed by atoms with Crippen LogP contribution >= 0.6 is 12.4 Å². The first kappa shape index (κ1) is 16.6. The molecule has 0 saturated heterocycles. The van der Waals surface area contributed by atoms with E-state index in [0.717, 1.165) is 37.2 Å². The smallest absolute Gasteiger partial charge is 0.264 e. The van der Waals surface area contributed by atoms with Crippen molar-refractivity contribution in [2.45, 2.75) is 37.8 Å². The Bertz CT molecular complexity index is 594. The molecule has 1 aromatic carbocycles. The highest BCUT2D eigenvalue weighted by atomic mass is 35.5. The van der Waals surface area contributed by atoms with Crippen molar-refractivity contribution in [1.82, 2.24) is 10.1 Å². The summed E-state index contributed by atoms with van der Waals surface area (Å²) in [6, 6.07) is 7.33. The van der Waals surface area contributed by atoms with E-state index >= 15 is 0 Å². The topological polar surface area (TPSA) is 83.4 Å². The molecule has 1 fully saturated rings. The number of benzene rings is 1. The molecule has 6 nitrogen and oxygen atoms in total. The Hall–Kier alpha value is -1.79. The molecule has 0 spiro atoms. The van der Waals surface area contributed by atoms with E-state index in [1.54, 1.807) is 7.11 Å². The molecule has 22 heavy (non-hydrogen) atoms. The van der Waals surface area contributed by atoms with E-state index < -0.39 is 5.54 Å². The van der Waals surface area contributed by atoms with Crippen molar-refractivity contribution in [2.75, 3.05) is 7.11 Å². The summed E-state index contributed by atoms with van der Waals surface area (Å²) in [6.07, 6.45) is 4.04. The van der Waals surface area contributed by atoms with Gasteiger partial charge in [0.15, 0.2) is 12.4 Å². The molecule has 2 aromatic rings. The lowest BCUT2D eigenvalue weighted by Gasteiger charge is -2.17. The van der Waals surface area contributed by atoms with Gasteiger partial charge in [-0.3, -0.25) is 0 Å². The van der Waals surface area contributed by atoms with Gasteiger partial charge in [0.1, 0.15) is 11.5 Å². The lowest BCUT2D eigenvalue weighted by atomic mass is 9.99. The zero-order chi connectivity index (χ0) is 14.7. The molecule has 2 N–H and O–H groups in total. The third-order valence-electron chi connectivity index (χ3n) is 3.83. The molecule has 0 unspecified atom stereocenters. The van der Waals surface area contributed by atoms with Crippen molar-refractivity contribution in [3.05, 3.63) is 36.0 Å². The first-order valence-electron chi connectivity index (χ1n) is 7.08. The van der Waals surface area contributed by atoms with E-state index in [2.05, 4.69) is 10.1 Å². The second-order valence-electron chi connectivity index (χ2n) is 5.34. The summed E-state index contributed by atoms with van der Waals surface area (Å²) < 4.78 is 15.9. The van der Waals surface area contributed by atoms with Crippen LogP contribution < -0.4 is 15.2 Å². The Morgan fingerprint density at radius 1 is 1.18 bits per heavy atom. The predicted molar refractivity (Wildman–Crippen MR) is 83.2 cm³/mol. The summed E-state index contributed by atoms with van der Waals surface area (Å²) in [5.74, 6) is 2.54. The third kappa shape index (κ3) is 3.51. The zero-order valence-electron chi connectivity index (χ0n) is 12.4. The largest absolute Gasteiger partial charge is 0.497 e. The number of nitrogens with zero attached hydrogens (tertiary/aromatic N) is 2. The molecule has 0 amide bonds. The van der Waals surface area contributed by atoms with Gasteiger partial charge in [0.25, 0.3) is 5.89 Å². The van der Waals surface area contributed by atoms with Gasteiger partial charge in [0.2, 0.25) is 0 Å². The summed E-state index contributed by atoms with van der Waals surface area (Å²) in [4.78, 5) is 4.36. The molecule has 1 saturated carbocycles. The lowest BCUT2D eigenvalue weighted by Crippen LogP contribution is -2.34. The van der Waals surface area contributed by atoms with Crippen LogP contribution in [0.3, 0.4) is 0 Å². The minimum absolute atomic E-state index is 0. The Labute approximate surface area is 135 Å². The van der Waals surface area contributed by atoms with Gasteiger partial charge in [0, 0.05) is 0 Å². The molecule has 1 heterocycles. The molecule has 0 radical (unpaired) electrons. The first-order valence-corrected chi connectivity index (χ1v) is 7.08. The lowest BCUT2D eigenvalue weighted by molar-refractivity contribution is 0.241. The standard InChI is InChI=1S/C15H19N3O3.ClH/c1-19-11-4-6-12(7-5-11)20-10-13-17-14(18-21-13)15(16)8-2-3-9-15;/h4-7H,2-3,8-10,16H2,1H3;1H. The normalized spacial score (nSPS) is 16.1. The van der Waals surface area contributed by atoms with Gasteiger partial charge in [-0.05, 0) is 37.1 Å². The van der Waals surface area contributed by atoms with Gasteiger partial charge in [-0.1, -0.05) is 18.0 Å². The van der Waals surface area contributed by atoms with Crippen LogP contribution in [0.2, 0.25) is 0 Å². The highest BCUT2D eigenvalue weighted by molar-refractivity contribution is 5.85. The molecule has 0 aliphatic heterocycles. The SMILES string of the molecule is COc1ccc(OCc2nc(C3(N)CCCC3)no2)cc1.Cl. The summed E-state index contributed by atoms with van der Waals surface area (Å²) >= 11 is 0. The monoisotopic (exact) mass is 325 g/mol. The third-order valence-corrected chi connectivity index (χ3v) is 3.83. The fourth-order valence-corrected chi connectivity index (χ4v) is 2.56. The van der Waals surface area contributed by atoms with Crippen molar-refractivity contribution in [3.8, 4) is 11.5 Å². The average Bonchev–Trinajstić information content (AvgIpc) is 3.15. The Morgan fingerprint density at radius 3 is 2.45 bits per heavy atom. The molecule has 0 atom stereocenters. The first-order chi connectivity index (χ1) is 10.2. The fraction of sp³-hybridized carbons (Fsp3) is 0.467. The van der Waals surface area contributed by atoms with Crippen molar-refractivity contribution >= 4 is 12.4 Å². The van der Waals surface area contributed by atoms with Gasteiger partial charge in [-0.2, -0.15) is 4.98 Å². The van der Waals surface area contributed by atoms with E-state index in [4.69, 9.17) is 19.7 Å². The van der Waals surface area contributed by atoms with Crippen LogP contribution in [0.15, 0.2) is 28.8 Å². The highest BCUT2D eigenvalue weighted by Crippen LogP contribution is 2.34. The van der Waals surface area contributed by atoms with Crippen LogP contribution in [-0.2, 0) is 12.1 Å². The van der Waals surface area contributed by atoms with Gasteiger partial charge < -0.3 is 19.7 Å². The minimum Gasteiger partial charge on any atom is -0.497 e. The highest BCUT2D eigenvalue weighted by Gasteiger charge is 2.35. The quantitative estimate of drug-likeness (QED) is 0.910. The maximum absolute atomic E-state index is 6.29. The number of aromatic nitrogens is 2. The molecule has 3 rings (SSSR count). The second kappa shape index (κ2) is 6.98. The Balaban J connectivity index is 0.00000176. The van der Waals surface area contributed by atoms with Gasteiger partial charge in [-0.25, -0.2) is 0 Å². The Kier molecular flexibility index (Phi) is 5.26. The number of hydrogen-bond donors (Lipinski definition) is 1. The molecule has 120 valence electrons. The number of methoxy groups -OCH3 is 1. The van der Waals surface area contributed by atoms with E-state index in [1.165, 1.54) is 0 Å². The van der Waals surface area contributed by atoms with E-state index in [-0.39, 0.29) is 19.0 Å². The van der Waals surface area contributed by atoms with Crippen LogP contribution in [0.5, 0.6) is 11.5 Å². The van der Waals surface area contributed by atoms with Crippen molar-refractivity contribution in [2.24, 2.45) is 5.73 Å². The fourth-order valence-electron chi connectivity index (χ4n) is 2.56. The van der Waals surface area contributed by atoms with Crippen molar-refractivity contribution in [3.63, 3.8) is 0 Å². The van der Waals surface area contributed by atoms with Crippen molar-refractivity contribution in [1.29, 1.82) is 0 Å². The zero-order valence-corrected chi connectivity index (χ0v) is 13.3. The molecular formula is C15H20ClN3O3. The van der Waals surface area contributed by atoms with Crippen LogP contribution in [0.1, 0.15) is 37.4 Å². The summed E-state index contributed by atoms with van der Waals surface area (Å²) in [5, 5.41) is 4.00. The molecule has 1 aliphatic carbocycles. The minimum atomic E-state index is -0.429. The van der Waals surface area contributed by atoms with Crippen LogP contribution in [0.4, 0.5) is 0 Å². The Morgan fingerprint density at radius 2 is 1.82 bits per heavy atom. The summed E-state index contributed by atoms with van der Waals surface area (Å²) in [5.41, 5.74) is 5.86. The molecule has 7 heteroatoms. The van der Waals surface area contributed by atoms with Gasteiger partial charge >= 0.3 is 0 Å².